The highest BCUT2D eigenvalue weighted by atomic mass is 35.5. The highest BCUT2D eigenvalue weighted by Gasteiger charge is 2.29. The summed E-state index contributed by atoms with van der Waals surface area (Å²) >= 11 is 0. The molecule has 0 aromatic heterocycles. The molecule has 4 heteroatoms. The van der Waals surface area contributed by atoms with Gasteiger partial charge in [0.2, 0.25) is 0 Å². The molecule has 1 aromatic rings. The van der Waals surface area contributed by atoms with Crippen LogP contribution in [0.5, 0.6) is 5.75 Å². The summed E-state index contributed by atoms with van der Waals surface area (Å²) < 4.78 is 12.9. The first kappa shape index (κ1) is 11.3. The molecule has 1 aliphatic carbocycles. The van der Waals surface area contributed by atoms with Crippen molar-refractivity contribution in [3.8, 4) is 5.75 Å². The Morgan fingerprint density at radius 2 is 2.07 bits per heavy atom. The van der Waals surface area contributed by atoms with Crippen LogP contribution in [0.3, 0.4) is 0 Å². The zero-order valence-corrected chi connectivity index (χ0v) is 8.43. The fourth-order valence-corrected chi connectivity index (χ4v) is 1.46. The van der Waals surface area contributed by atoms with Crippen LogP contribution >= 0.6 is 12.4 Å². The minimum atomic E-state index is -0.589. The highest BCUT2D eigenvalue weighted by molar-refractivity contribution is 5.85. The normalized spacial score (nSPS) is 17.3. The van der Waals surface area contributed by atoms with Gasteiger partial charge < -0.3 is 10.8 Å². The van der Waals surface area contributed by atoms with Crippen LogP contribution in [-0.4, -0.2) is 5.11 Å². The number of phenols is 1. The number of phenolic OH excluding ortho intramolecular Hbond substituents is 1. The van der Waals surface area contributed by atoms with E-state index in [2.05, 4.69) is 0 Å². The van der Waals surface area contributed by atoms with Crippen molar-refractivity contribution in [2.75, 3.05) is 0 Å². The van der Waals surface area contributed by atoms with E-state index in [0.717, 1.165) is 18.4 Å². The van der Waals surface area contributed by atoms with Gasteiger partial charge in [-0.3, -0.25) is 0 Å². The molecule has 1 atom stereocenters. The summed E-state index contributed by atoms with van der Waals surface area (Å²) in [6, 6.07) is 4.28. The zero-order valence-electron chi connectivity index (χ0n) is 7.61. The van der Waals surface area contributed by atoms with Gasteiger partial charge in [0.15, 0.2) is 11.6 Å². The standard InChI is InChI=1S/C10H12FNO.ClH/c11-8-5-7(3-4-9(8)13)10(12)6-1-2-6;/h3-6,10,13H,1-2,12H2;1H/t10-;/m0./s1. The third-order valence-corrected chi connectivity index (χ3v) is 2.49. The second-order valence-electron chi connectivity index (χ2n) is 3.57. The fraction of sp³-hybridized carbons (Fsp3) is 0.400. The molecule has 14 heavy (non-hydrogen) atoms. The SMILES string of the molecule is Cl.N[C@H](c1ccc(O)c(F)c1)C1CC1. The summed E-state index contributed by atoms with van der Waals surface area (Å²) in [5.41, 5.74) is 6.65. The Balaban J connectivity index is 0.000000980. The van der Waals surface area contributed by atoms with Gasteiger partial charge in [-0.05, 0) is 36.5 Å². The molecule has 0 unspecified atom stereocenters. The predicted molar refractivity (Wildman–Crippen MR) is 55.0 cm³/mol. The molecule has 1 saturated carbocycles. The van der Waals surface area contributed by atoms with E-state index in [9.17, 15) is 4.39 Å². The molecule has 1 aromatic carbocycles. The molecule has 1 fully saturated rings. The van der Waals surface area contributed by atoms with Gasteiger partial charge in [0.25, 0.3) is 0 Å². The smallest absolute Gasteiger partial charge is 0.165 e. The molecule has 3 N–H and O–H groups in total. The van der Waals surface area contributed by atoms with Crippen LogP contribution in [-0.2, 0) is 0 Å². The van der Waals surface area contributed by atoms with Gasteiger partial charge in [0, 0.05) is 6.04 Å². The Hall–Kier alpha value is -0.800. The lowest BCUT2D eigenvalue weighted by atomic mass is 10.0. The van der Waals surface area contributed by atoms with Crippen LogP contribution in [0.15, 0.2) is 18.2 Å². The first-order valence-corrected chi connectivity index (χ1v) is 4.42. The Bertz CT molecular complexity index is 328. The average Bonchev–Trinajstić information content (AvgIpc) is 2.91. The van der Waals surface area contributed by atoms with Crippen LogP contribution in [0.2, 0.25) is 0 Å². The Morgan fingerprint density at radius 3 is 2.57 bits per heavy atom. The van der Waals surface area contributed by atoms with Crippen molar-refractivity contribution >= 4 is 12.4 Å². The molecule has 0 amide bonds. The van der Waals surface area contributed by atoms with Gasteiger partial charge in [0.05, 0.1) is 0 Å². The fourth-order valence-electron chi connectivity index (χ4n) is 1.46. The summed E-state index contributed by atoms with van der Waals surface area (Å²) in [5.74, 6) is -0.399. The Kier molecular flexibility index (Phi) is 3.34. The van der Waals surface area contributed by atoms with E-state index in [-0.39, 0.29) is 24.2 Å². The minimum Gasteiger partial charge on any atom is -0.505 e. The summed E-state index contributed by atoms with van der Waals surface area (Å²) in [5, 5.41) is 8.96. The molecule has 78 valence electrons. The summed E-state index contributed by atoms with van der Waals surface area (Å²) in [4.78, 5) is 0. The first-order valence-electron chi connectivity index (χ1n) is 4.42. The topological polar surface area (TPSA) is 46.2 Å². The molecular weight excluding hydrogens is 205 g/mol. The Morgan fingerprint density at radius 1 is 1.43 bits per heavy atom. The third-order valence-electron chi connectivity index (χ3n) is 2.49. The quantitative estimate of drug-likeness (QED) is 0.799. The molecular formula is C10H13ClFNO. The van der Waals surface area contributed by atoms with Crippen LogP contribution in [0.4, 0.5) is 4.39 Å². The van der Waals surface area contributed by atoms with Crippen LogP contribution in [0.25, 0.3) is 0 Å². The number of nitrogens with two attached hydrogens (primary N) is 1. The molecule has 0 heterocycles. The van der Waals surface area contributed by atoms with Crippen LogP contribution in [0.1, 0.15) is 24.4 Å². The molecule has 0 bridgehead atoms. The van der Waals surface area contributed by atoms with Crippen molar-refractivity contribution in [3.05, 3.63) is 29.6 Å². The number of benzene rings is 1. The molecule has 1 aliphatic rings. The van der Waals surface area contributed by atoms with E-state index in [1.165, 1.54) is 12.1 Å². The maximum atomic E-state index is 12.9. The maximum absolute atomic E-state index is 12.9. The average molecular weight is 218 g/mol. The van der Waals surface area contributed by atoms with Gasteiger partial charge in [-0.15, -0.1) is 12.4 Å². The minimum absolute atomic E-state index is 0. The maximum Gasteiger partial charge on any atom is 0.165 e. The number of hydrogen-bond donors (Lipinski definition) is 2. The summed E-state index contributed by atoms with van der Waals surface area (Å²) in [7, 11) is 0. The van der Waals surface area contributed by atoms with Crippen molar-refractivity contribution in [1.29, 1.82) is 0 Å². The monoisotopic (exact) mass is 217 g/mol. The first-order chi connectivity index (χ1) is 6.18. The number of aromatic hydroxyl groups is 1. The van der Waals surface area contributed by atoms with E-state index >= 15 is 0 Å². The van der Waals surface area contributed by atoms with Crippen molar-refractivity contribution in [2.45, 2.75) is 18.9 Å². The van der Waals surface area contributed by atoms with Crippen molar-refractivity contribution < 1.29 is 9.50 Å². The number of halogens is 2. The summed E-state index contributed by atoms with van der Waals surface area (Å²) in [6.07, 6.45) is 2.26. The van der Waals surface area contributed by atoms with E-state index in [4.69, 9.17) is 10.8 Å². The number of hydrogen-bond acceptors (Lipinski definition) is 2. The van der Waals surface area contributed by atoms with E-state index in [0.29, 0.717) is 5.92 Å². The van der Waals surface area contributed by atoms with E-state index in [1.807, 2.05) is 0 Å². The van der Waals surface area contributed by atoms with Crippen LogP contribution in [0, 0.1) is 11.7 Å². The van der Waals surface area contributed by atoms with Gasteiger partial charge in [-0.1, -0.05) is 6.07 Å². The van der Waals surface area contributed by atoms with E-state index in [1.54, 1.807) is 6.07 Å². The molecule has 0 aliphatic heterocycles. The summed E-state index contributed by atoms with van der Waals surface area (Å²) in [6.45, 7) is 0. The van der Waals surface area contributed by atoms with Gasteiger partial charge >= 0.3 is 0 Å². The lowest BCUT2D eigenvalue weighted by molar-refractivity contribution is 0.431. The third kappa shape index (κ3) is 2.16. The van der Waals surface area contributed by atoms with Crippen LogP contribution < -0.4 is 5.73 Å². The lowest BCUT2D eigenvalue weighted by Crippen LogP contribution is -2.12. The Labute approximate surface area is 88.3 Å². The van der Waals surface area contributed by atoms with Gasteiger partial charge in [-0.2, -0.15) is 0 Å². The van der Waals surface area contributed by atoms with Crippen molar-refractivity contribution in [3.63, 3.8) is 0 Å². The molecule has 2 rings (SSSR count). The molecule has 0 spiro atoms. The second-order valence-corrected chi connectivity index (χ2v) is 3.57. The molecule has 2 nitrogen and oxygen atoms in total. The highest BCUT2D eigenvalue weighted by Crippen LogP contribution is 2.39. The molecule has 0 radical (unpaired) electrons. The van der Waals surface area contributed by atoms with E-state index < -0.39 is 5.82 Å². The molecule has 0 saturated heterocycles. The van der Waals surface area contributed by atoms with Crippen molar-refractivity contribution in [1.82, 2.24) is 0 Å². The predicted octanol–water partition coefficient (Wildman–Crippen LogP) is 2.36. The van der Waals surface area contributed by atoms with Gasteiger partial charge in [0.1, 0.15) is 0 Å². The van der Waals surface area contributed by atoms with Crippen molar-refractivity contribution in [2.24, 2.45) is 11.7 Å². The lowest BCUT2D eigenvalue weighted by Gasteiger charge is -2.10. The number of rotatable bonds is 2. The van der Waals surface area contributed by atoms with Gasteiger partial charge in [-0.25, -0.2) is 4.39 Å². The second kappa shape index (κ2) is 4.15. The zero-order chi connectivity index (χ0) is 9.42. The largest absolute Gasteiger partial charge is 0.505 e.